The second-order valence-corrected chi connectivity index (χ2v) is 6.27. The zero-order chi connectivity index (χ0) is 17.7. The topological polar surface area (TPSA) is 103 Å². The van der Waals surface area contributed by atoms with Gasteiger partial charge in [-0.25, -0.2) is 0 Å². The fraction of sp³-hybridized carbons (Fsp3) is 0.400. The highest BCUT2D eigenvalue weighted by atomic mass is 32.2. The molecule has 0 spiro atoms. The van der Waals surface area contributed by atoms with Crippen LogP contribution in [0.15, 0.2) is 29.4 Å². The highest BCUT2D eigenvalue weighted by Crippen LogP contribution is 2.25. The first-order chi connectivity index (χ1) is 11.4. The van der Waals surface area contributed by atoms with Crippen molar-refractivity contribution in [3.05, 3.63) is 40.2 Å². The first-order valence-corrected chi connectivity index (χ1v) is 8.52. The predicted octanol–water partition coefficient (Wildman–Crippen LogP) is 3.06. The van der Waals surface area contributed by atoms with E-state index in [0.29, 0.717) is 5.16 Å². The van der Waals surface area contributed by atoms with Crippen LogP contribution in [-0.2, 0) is 11.2 Å². The highest BCUT2D eigenvalue weighted by Gasteiger charge is 2.17. The third-order valence-electron chi connectivity index (χ3n) is 3.27. The van der Waals surface area contributed by atoms with E-state index in [4.69, 9.17) is 0 Å². The average molecular weight is 349 g/mol. The minimum atomic E-state index is -0.522. The Kier molecular flexibility index (Phi) is 5.91. The summed E-state index contributed by atoms with van der Waals surface area (Å²) >= 11 is 1.26. The third-order valence-corrected chi connectivity index (χ3v) is 4.22. The summed E-state index contributed by atoms with van der Waals surface area (Å²) in [5, 5.41) is 22.5. The van der Waals surface area contributed by atoms with Crippen LogP contribution >= 0.6 is 11.8 Å². The molecule has 2 aromatic rings. The fourth-order valence-electron chi connectivity index (χ4n) is 2.22. The molecule has 1 N–H and O–H groups in total. The number of nitro benzene ring substituents is 1. The Labute approximate surface area is 143 Å². The highest BCUT2D eigenvalue weighted by molar-refractivity contribution is 7.99. The van der Waals surface area contributed by atoms with Crippen molar-refractivity contribution in [2.45, 2.75) is 38.4 Å². The number of nitro groups is 1. The number of hydrogen-bond acceptors (Lipinski definition) is 6. The number of hydrogen-bond donors (Lipinski definition) is 1. The number of anilines is 1. The molecule has 0 aliphatic rings. The molecule has 128 valence electrons. The van der Waals surface area contributed by atoms with Gasteiger partial charge in [-0.05, 0) is 19.9 Å². The number of thioether (sulfide) groups is 1. The molecule has 1 amide bonds. The van der Waals surface area contributed by atoms with E-state index in [2.05, 4.69) is 15.5 Å². The standard InChI is InChI=1S/C15H19N5O3S/c1-4-13-17-18-15(19(13)10(2)3)24-9-14(21)16-11-7-5-6-8-12(11)20(22)23/h5-8,10H,4,9H2,1-3H3,(H,16,21). The van der Waals surface area contributed by atoms with Crippen molar-refractivity contribution in [2.24, 2.45) is 0 Å². The summed E-state index contributed by atoms with van der Waals surface area (Å²) in [4.78, 5) is 22.5. The van der Waals surface area contributed by atoms with Crippen LogP contribution < -0.4 is 5.32 Å². The molecule has 0 aliphatic carbocycles. The Morgan fingerprint density at radius 1 is 1.38 bits per heavy atom. The Morgan fingerprint density at radius 2 is 2.08 bits per heavy atom. The largest absolute Gasteiger partial charge is 0.320 e. The molecule has 1 heterocycles. The minimum Gasteiger partial charge on any atom is -0.320 e. The van der Waals surface area contributed by atoms with Gasteiger partial charge in [0.05, 0.1) is 10.7 Å². The smallest absolute Gasteiger partial charge is 0.292 e. The lowest BCUT2D eigenvalue weighted by Gasteiger charge is -2.12. The Morgan fingerprint density at radius 3 is 2.71 bits per heavy atom. The average Bonchev–Trinajstić information content (AvgIpc) is 2.96. The van der Waals surface area contributed by atoms with Gasteiger partial charge in [0, 0.05) is 18.5 Å². The van der Waals surface area contributed by atoms with Crippen molar-refractivity contribution in [1.29, 1.82) is 0 Å². The van der Waals surface area contributed by atoms with Gasteiger partial charge in [0.2, 0.25) is 5.91 Å². The molecule has 1 aromatic carbocycles. The lowest BCUT2D eigenvalue weighted by Crippen LogP contribution is -2.16. The van der Waals surface area contributed by atoms with E-state index in [1.807, 2.05) is 25.3 Å². The van der Waals surface area contributed by atoms with Gasteiger partial charge in [-0.1, -0.05) is 30.8 Å². The maximum Gasteiger partial charge on any atom is 0.292 e. The molecule has 0 radical (unpaired) electrons. The van der Waals surface area contributed by atoms with Crippen LogP contribution in [0.5, 0.6) is 0 Å². The van der Waals surface area contributed by atoms with Gasteiger partial charge < -0.3 is 9.88 Å². The van der Waals surface area contributed by atoms with Crippen molar-refractivity contribution in [3.63, 3.8) is 0 Å². The number of para-hydroxylation sites is 2. The van der Waals surface area contributed by atoms with Crippen molar-refractivity contribution in [2.75, 3.05) is 11.1 Å². The maximum absolute atomic E-state index is 12.1. The van der Waals surface area contributed by atoms with E-state index in [9.17, 15) is 14.9 Å². The van der Waals surface area contributed by atoms with E-state index in [1.165, 1.54) is 23.9 Å². The second-order valence-electron chi connectivity index (χ2n) is 5.33. The van der Waals surface area contributed by atoms with E-state index in [0.717, 1.165) is 12.2 Å². The summed E-state index contributed by atoms with van der Waals surface area (Å²) in [6.45, 7) is 6.05. The van der Waals surface area contributed by atoms with Gasteiger partial charge in [-0.2, -0.15) is 0 Å². The maximum atomic E-state index is 12.1. The summed E-state index contributed by atoms with van der Waals surface area (Å²) in [5.41, 5.74) is 0.0575. The Bertz CT molecular complexity index is 744. The molecule has 0 unspecified atom stereocenters. The number of aromatic nitrogens is 3. The van der Waals surface area contributed by atoms with Gasteiger partial charge >= 0.3 is 0 Å². The molecule has 24 heavy (non-hydrogen) atoms. The van der Waals surface area contributed by atoms with E-state index in [-0.39, 0.29) is 29.1 Å². The Hall–Kier alpha value is -2.42. The van der Waals surface area contributed by atoms with Crippen LogP contribution in [0.4, 0.5) is 11.4 Å². The number of aryl methyl sites for hydroxylation is 1. The van der Waals surface area contributed by atoms with Gasteiger partial charge in [0.1, 0.15) is 11.5 Å². The number of carbonyl (C=O) groups is 1. The van der Waals surface area contributed by atoms with Crippen molar-refractivity contribution >= 4 is 29.0 Å². The van der Waals surface area contributed by atoms with Crippen LogP contribution in [0.2, 0.25) is 0 Å². The van der Waals surface area contributed by atoms with Crippen molar-refractivity contribution in [1.82, 2.24) is 14.8 Å². The van der Waals surface area contributed by atoms with E-state index < -0.39 is 4.92 Å². The number of rotatable bonds is 7. The van der Waals surface area contributed by atoms with Crippen molar-refractivity contribution in [3.8, 4) is 0 Å². The second kappa shape index (κ2) is 7.91. The number of carbonyl (C=O) groups excluding carboxylic acids is 1. The molecule has 1 aromatic heterocycles. The molecule has 0 bridgehead atoms. The van der Waals surface area contributed by atoms with Crippen LogP contribution in [0.25, 0.3) is 0 Å². The number of benzene rings is 1. The van der Waals surface area contributed by atoms with Gasteiger partial charge in [-0.15, -0.1) is 10.2 Å². The van der Waals surface area contributed by atoms with Crippen LogP contribution in [-0.4, -0.2) is 31.3 Å². The Balaban J connectivity index is 2.05. The molecular weight excluding hydrogens is 330 g/mol. The van der Waals surface area contributed by atoms with E-state index in [1.54, 1.807) is 12.1 Å². The normalized spacial score (nSPS) is 10.8. The van der Waals surface area contributed by atoms with Crippen LogP contribution in [0, 0.1) is 10.1 Å². The molecule has 0 saturated heterocycles. The zero-order valence-electron chi connectivity index (χ0n) is 13.7. The summed E-state index contributed by atoms with van der Waals surface area (Å²) in [6, 6.07) is 6.24. The molecule has 9 heteroatoms. The molecular formula is C15H19N5O3S. The lowest BCUT2D eigenvalue weighted by atomic mass is 10.2. The van der Waals surface area contributed by atoms with Crippen LogP contribution in [0.1, 0.15) is 32.6 Å². The number of nitrogens with zero attached hydrogens (tertiary/aromatic N) is 4. The minimum absolute atomic E-state index is 0.0978. The summed E-state index contributed by atoms with van der Waals surface area (Å²) in [7, 11) is 0. The molecule has 2 rings (SSSR count). The molecule has 8 nitrogen and oxygen atoms in total. The SMILES string of the molecule is CCc1nnc(SCC(=O)Nc2ccccc2[N+](=O)[O-])n1C(C)C. The van der Waals surface area contributed by atoms with E-state index >= 15 is 0 Å². The van der Waals surface area contributed by atoms with Gasteiger partial charge in [-0.3, -0.25) is 14.9 Å². The predicted molar refractivity (Wildman–Crippen MR) is 92.2 cm³/mol. The molecule has 0 saturated carbocycles. The van der Waals surface area contributed by atoms with Gasteiger partial charge in [0.15, 0.2) is 5.16 Å². The lowest BCUT2D eigenvalue weighted by molar-refractivity contribution is -0.383. The molecule has 0 aliphatic heterocycles. The quantitative estimate of drug-likeness (QED) is 0.468. The fourth-order valence-corrected chi connectivity index (χ4v) is 3.11. The van der Waals surface area contributed by atoms with Gasteiger partial charge in [0.25, 0.3) is 5.69 Å². The van der Waals surface area contributed by atoms with Crippen molar-refractivity contribution < 1.29 is 9.72 Å². The first kappa shape index (κ1) is 17.9. The monoisotopic (exact) mass is 349 g/mol. The number of amides is 1. The number of nitrogens with one attached hydrogen (secondary N) is 1. The van der Waals surface area contributed by atoms with Crippen LogP contribution in [0.3, 0.4) is 0 Å². The third kappa shape index (κ3) is 4.10. The summed E-state index contributed by atoms with van der Waals surface area (Å²) < 4.78 is 1.99. The first-order valence-electron chi connectivity index (χ1n) is 7.53. The summed E-state index contributed by atoms with van der Waals surface area (Å²) in [5.74, 6) is 0.637. The molecule has 0 fully saturated rings. The molecule has 0 atom stereocenters. The zero-order valence-corrected chi connectivity index (χ0v) is 14.5. The summed E-state index contributed by atoms with van der Waals surface area (Å²) in [6.07, 6.45) is 0.758.